The number of nitrogens with two attached hydrogens (primary N) is 1. The monoisotopic (exact) mass is 327 g/mol. The molecule has 0 aliphatic carbocycles. The Morgan fingerprint density at radius 3 is 2.63 bits per heavy atom. The van der Waals surface area contributed by atoms with Crippen molar-refractivity contribution in [3.05, 3.63) is 28.2 Å². The first-order chi connectivity index (χ1) is 8.73. The number of nitrogens with one attached hydrogen (secondary N) is 1. The molecule has 0 radical (unpaired) electrons. The van der Waals surface area contributed by atoms with Crippen LogP contribution in [-0.4, -0.2) is 17.0 Å². The number of carbonyl (C=O) groups excluding carboxylic acids is 1. The fourth-order valence-corrected chi connectivity index (χ4v) is 1.93. The molecule has 1 rings (SSSR count). The largest absolute Gasteiger partial charge is 0.409 e. The highest BCUT2D eigenvalue weighted by atomic mass is 79.9. The maximum atomic E-state index is 11.9. The van der Waals surface area contributed by atoms with Crippen LogP contribution in [0.2, 0.25) is 0 Å². The second-order valence-electron chi connectivity index (χ2n) is 5.46. The number of carbonyl (C=O) groups is 1. The van der Waals surface area contributed by atoms with Gasteiger partial charge in [0.05, 0.1) is 5.69 Å². The van der Waals surface area contributed by atoms with Crippen molar-refractivity contribution in [2.45, 2.75) is 27.2 Å². The van der Waals surface area contributed by atoms with Crippen molar-refractivity contribution < 1.29 is 10.0 Å². The number of halogens is 1. The standard InChI is InChI=1S/C13H18BrN3O2/c1-13(2,3)7-11(18)16-10-6-8(14)4-5-9(10)12(15)17-19/h4-6,19H,7H2,1-3H3,(H2,15,17)(H,16,18). The molecule has 104 valence electrons. The summed E-state index contributed by atoms with van der Waals surface area (Å²) in [6.45, 7) is 5.95. The summed E-state index contributed by atoms with van der Waals surface area (Å²) in [5, 5.41) is 14.5. The number of hydrogen-bond donors (Lipinski definition) is 3. The third-order valence-electron chi connectivity index (χ3n) is 2.33. The van der Waals surface area contributed by atoms with E-state index in [0.29, 0.717) is 17.7 Å². The highest BCUT2D eigenvalue weighted by molar-refractivity contribution is 9.10. The second-order valence-corrected chi connectivity index (χ2v) is 6.38. The predicted octanol–water partition coefficient (Wildman–Crippen LogP) is 2.92. The van der Waals surface area contributed by atoms with Crippen LogP contribution in [-0.2, 0) is 4.79 Å². The molecule has 5 nitrogen and oxygen atoms in total. The lowest BCUT2D eigenvalue weighted by Crippen LogP contribution is -2.22. The topological polar surface area (TPSA) is 87.7 Å². The Morgan fingerprint density at radius 2 is 2.11 bits per heavy atom. The molecule has 0 aliphatic heterocycles. The summed E-state index contributed by atoms with van der Waals surface area (Å²) in [6, 6.07) is 5.15. The number of nitrogens with zero attached hydrogens (tertiary/aromatic N) is 1. The molecule has 4 N–H and O–H groups in total. The Hall–Kier alpha value is -1.56. The minimum Gasteiger partial charge on any atom is -0.409 e. The lowest BCUT2D eigenvalue weighted by molar-refractivity contribution is -0.117. The Kier molecular flexibility index (Phi) is 4.94. The van der Waals surface area contributed by atoms with E-state index in [0.717, 1.165) is 4.47 Å². The van der Waals surface area contributed by atoms with Gasteiger partial charge in [0.1, 0.15) is 0 Å². The number of rotatable bonds is 3. The Labute approximate surface area is 121 Å². The number of hydrogen-bond acceptors (Lipinski definition) is 3. The van der Waals surface area contributed by atoms with Gasteiger partial charge >= 0.3 is 0 Å². The van der Waals surface area contributed by atoms with Crippen molar-refractivity contribution in [3.63, 3.8) is 0 Å². The molecule has 0 unspecified atom stereocenters. The van der Waals surface area contributed by atoms with Gasteiger partial charge in [0, 0.05) is 16.5 Å². The van der Waals surface area contributed by atoms with E-state index < -0.39 is 0 Å². The number of anilines is 1. The Morgan fingerprint density at radius 1 is 1.47 bits per heavy atom. The quantitative estimate of drug-likeness (QED) is 0.345. The van der Waals surface area contributed by atoms with Crippen molar-refractivity contribution in [2.75, 3.05) is 5.32 Å². The van der Waals surface area contributed by atoms with Gasteiger partial charge in [-0.15, -0.1) is 0 Å². The van der Waals surface area contributed by atoms with Crippen molar-refractivity contribution in [3.8, 4) is 0 Å². The number of benzene rings is 1. The summed E-state index contributed by atoms with van der Waals surface area (Å²) in [6.07, 6.45) is 0.384. The SMILES string of the molecule is CC(C)(C)CC(=O)Nc1cc(Br)ccc1/C(N)=N/O. The van der Waals surface area contributed by atoms with Crippen molar-refractivity contribution >= 4 is 33.4 Å². The van der Waals surface area contributed by atoms with Gasteiger partial charge in [-0.2, -0.15) is 0 Å². The van der Waals surface area contributed by atoms with E-state index in [4.69, 9.17) is 10.9 Å². The van der Waals surface area contributed by atoms with Gasteiger partial charge in [-0.3, -0.25) is 4.79 Å². The van der Waals surface area contributed by atoms with Crippen LogP contribution in [0, 0.1) is 5.41 Å². The van der Waals surface area contributed by atoms with Gasteiger partial charge < -0.3 is 16.3 Å². The van der Waals surface area contributed by atoms with Crippen LogP contribution in [0.4, 0.5) is 5.69 Å². The molecule has 6 heteroatoms. The summed E-state index contributed by atoms with van der Waals surface area (Å²) >= 11 is 3.32. The molecule has 0 saturated carbocycles. The molecule has 0 aliphatic rings. The average molecular weight is 328 g/mol. The molecule has 0 saturated heterocycles. The zero-order chi connectivity index (χ0) is 14.6. The molecule has 0 atom stereocenters. The van der Waals surface area contributed by atoms with Gasteiger partial charge in [-0.25, -0.2) is 0 Å². The molecule has 0 heterocycles. The summed E-state index contributed by atoms with van der Waals surface area (Å²) in [5.74, 6) is -0.156. The van der Waals surface area contributed by atoms with Crippen LogP contribution in [0.25, 0.3) is 0 Å². The van der Waals surface area contributed by atoms with Crippen molar-refractivity contribution in [1.29, 1.82) is 0 Å². The van der Waals surface area contributed by atoms with Crippen LogP contribution in [0.1, 0.15) is 32.8 Å². The van der Waals surface area contributed by atoms with E-state index in [1.807, 2.05) is 20.8 Å². The van der Waals surface area contributed by atoms with E-state index in [9.17, 15) is 4.79 Å². The van der Waals surface area contributed by atoms with E-state index in [-0.39, 0.29) is 17.2 Å². The Balaban J connectivity index is 3.00. The van der Waals surface area contributed by atoms with E-state index in [1.54, 1.807) is 18.2 Å². The molecular formula is C13H18BrN3O2. The molecule has 19 heavy (non-hydrogen) atoms. The maximum absolute atomic E-state index is 11.9. The normalized spacial score (nSPS) is 12.3. The highest BCUT2D eigenvalue weighted by Gasteiger charge is 2.17. The molecule has 0 aromatic heterocycles. The highest BCUT2D eigenvalue weighted by Crippen LogP contribution is 2.24. The van der Waals surface area contributed by atoms with E-state index in [2.05, 4.69) is 26.4 Å². The molecule has 0 bridgehead atoms. The van der Waals surface area contributed by atoms with Crippen LogP contribution in [0.3, 0.4) is 0 Å². The first-order valence-electron chi connectivity index (χ1n) is 5.80. The van der Waals surface area contributed by atoms with Crippen LogP contribution in [0.5, 0.6) is 0 Å². The molecule has 1 aromatic carbocycles. The lowest BCUT2D eigenvalue weighted by Gasteiger charge is -2.18. The van der Waals surface area contributed by atoms with Gasteiger partial charge in [0.25, 0.3) is 0 Å². The van der Waals surface area contributed by atoms with Crippen molar-refractivity contribution in [1.82, 2.24) is 0 Å². The van der Waals surface area contributed by atoms with Crippen LogP contribution >= 0.6 is 15.9 Å². The van der Waals surface area contributed by atoms with Gasteiger partial charge in [0.15, 0.2) is 5.84 Å². The number of oxime groups is 1. The molecule has 0 spiro atoms. The average Bonchev–Trinajstić information content (AvgIpc) is 2.25. The predicted molar refractivity (Wildman–Crippen MR) is 79.4 cm³/mol. The van der Waals surface area contributed by atoms with Crippen molar-refractivity contribution in [2.24, 2.45) is 16.3 Å². The van der Waals surface area contributed by atoms with Gasteiger partial charge in [-0.1, -0.05) is 41.9 Å². The molecule has 0 fully saturated rings. The number of amides is 1. The first-order valence-corrected chi connectivity index (χ1v) is 6.59. The van der Waals surface area contributed by atoms with Crippen LogP contribution in [0.15, 0.2) is 27.8 Å². The van der Waals surface area contributed by atoms with Crippen LogP contribution < -0.4 is 11.1 Å². The third kappa shape index (κ3) is 4.90. The minimum absolute atomic E-state index is 0.0430. The summed E-state index contributed by atoms with van der Waals surface area (Å²) < 4.78 is 0.799. The summed E-state index contributed by atoms with van der Waals surface area (Å²) in [5.41, 5.74) is 6.47. The maximum Gasteiger partial charge on any atom is 0.224 e. The van der Waals surface area contributed by atoms with Gasteiger partial charge in [-0.05, 0) is 23.6 Å². The lowest BCUT2D eigenvalue weighted by atomic mass is 9.92. The Bertz CT molecular complexity index is 507. The van der Waals surface area contributed by atoms with E-state index in [1.165, 1.54) is 0 Å². The zero-order valence-electron chi connectivity index (χ0n) is 11.2. The zero-order valence-corrected chi connectivity index (χ0v) is 12.8. The summed E-state index contributed by atoms with van der Waals surface area (Å²) in [4.78, 5) is 11.9. The smallest absolute Gasteiger partial charge is 0.224 e. The minimum atomic E-state index is -0.113. The molecular weight excluding hydrogens is 310 g/mol. The van der Waals surface area contributed by atoms with E-state index >= 15 is 0 Å². The molecule has 1 aromatic rings. The second kappa shape index (κ2) is 6.06. The first kappa shape index (κ1) is 15.5. The van der Waals surface area contributed by atoms with Gasteiger partial charge in [0.2, 0.25) is 5.91 Å². The number of amidine groups is 1. The molecule has 1 amide bonds. The third-order valence-corrected chi connectivity index (χ3v) is 2.82. The fourth-order valence-electron chi connectivity index (χ4n) is 1.57. The fraction of sp³-hybridized carbons (Fsp3) is 0.385. The summed E-state index contributed by atoms with van der Waals surface area (Å²) in [7, 11) is 0.